The van der Waals surface area contributed by atoms with Crippen LogP contribution in [0.25, 0.3) is 0 Å². The zero-order valence-corrected chi connectivity index (χ0v) is 15.0. The van der Waals surface area contributed by atoms with E-state index in [2.05, 4.69) is 15.3 Å². The van der Waals surface area contributed by atoms with E-state index in [1.807, 2.05) is 24.8 Å². The average molecular weight is 340 g/mol. The Morgan fingerprint density at radius 2 is 1.80 bits per heavy atom. The van der Waals surface area contributed by atoms with Gasteiger partial charge in [-0.3, -0.25) is 9.59 Å². The minimum atomic E-state index is -0.0911. The fourth-order valence-corrected chi connectivity index (χ4v) is 2.52. The van der Waals surface area contributed by atoms with Crippen LogP contribution in [0.2, 0.25) is 0 Å². The Morgan fingerprint density at radius 3 is 2.44 bits per heavy atom. The summed E-state index contributed by atoms with van der Waals surface area (Å²) in [4.78, 5) is 34.2. The first-order chi connectivity index (χ1) is 12.0. The van der Waals surface area contributed by atoms with E-state index in [0.29, 0.717) is 30.2 Å². The van der Waals surface area contributed by atoms with Gasteiger partial charge in [-0.1, -0.05) is 26.0 Å². The number of nitrogens with one attached hydrogen (secondary N) is 1. The largest absolute Gasteiger partial charge is 0.340 e. The predicted octanol–water partition coefficient (Wildman–Crippen LogP) is 3.69. The molecule has 0 bridgehead atoms. The van der Waals surface area contributed by atoms with E-state index in [1.54, 1.807) is 24.3 Å². The molecule has 6 nitrogen and oxygen atoms in total. The summed E-state index contributed by atoms with van der Waals surface area (Å²) in [7, 11) is 0. The fraction of sp³-hybridized carbons (Fsp3) is 0.368. The molecule has 0 saturated carbocycles. The van der Waals surface area contributed by atoms with Gasteiger partial charge in [0.25, 0.3) is 5.91 Å². The van der Waals surface area contributed by atoms with Crippen LogP contribution >= 0.6 is 0 Å². The van der Waals surface area contributed by atoms with Crippen LogP contribution < -0.4 is 5.32 Å². The van der Waals surface area contributed by atoms with Crippen molar-refractivity contribution in [2.24, 2.45) is 0 Å². The Labute approximate surface area is 148 Å². The standard InChI is InChI=1S/C19H24N4O2/c1-4-9-23(10-5-2)19(25)17-12-18(21-13-20-17)22-16-8-6-7-15(11-16)14(3)24/h6-8,11-13H,4-5,9-10H2,1-3H3,(H,20,21,22). The number of Topliss-reactive ketones (excluding diaryl/α,β-unsaturated/α-hetero) is 1. The lowest BCUT2D eigenvalue weighted by atomic mass is 10.1. The van der Waals surface area contributed by atoms with Gasteiger partial charge in [0.1, 0.15) is 17.8 Å². The van der Waals surface area contributed by atoms with Crippen LogP contribution in [0.5, 0.6) is 0 Å². The number of aromatic nitrogens is 2. The third kappa shape index (κ3) is 5.11. The molecule has 1 aromatic carbocycles. The average Bonchev–Trinajstić information content (AvgIpc) is 2.61. The van der Waals surface area contributed by atoms with Gasteiger partial charge in [0.15, 0.2) is 5.78 Å². The number of ketones is 1. The maximum absolute atomic E-state index is 12.6. The summed E-state index contributed by atoms with van der Waals surface area (Å²) in [5, 5.41) is 3.12. The van der Waals surface area contributed by atoms with Gasteiger partial charge < -0.3 is 10.2 Å². The molecule has 1 heterocycles. The number of anilines is 2. The van der Waals surface area contributed by atoms with Crippen molar-refractivity contribution in [3.63, 3.8) is 0 Å². The molecule has 0 spiro atoms. The number of benzene rings is 1. The number of hydrogen-bond acceptors (Lipinski definition) is 5. The van der Waals surface area contributed by atoms with Crippen LogP contribution in [0.3, 0.4) is 0 Å². The molecular formula is C19H24N4O2. The maximum Gasteiger partial charge on any atom is 0.272 e. The molecule has 0 aliphatic rings. The number of hydrogen-bond donors (Lipinski definition) is 1. The SMILES string of the molecule is CCCN(CCC)C(=O)c1cc(Nc2cccc(C(C)=O)c2)ncn1. The Morgan fingerprint density at radius 1 is 1.08 bits per heavy atom. The molecule has 25 heavy (non-hydrogen) atoms. The molecule has 1 aromatic heterocycles. The zero-order chi connectivity index (χ0) is 18.2. The van der Waals surface area contributed by atoms with Gasteiger partial charge in [-0.15, -0.1) is 0 Å². The third-order valence-electron chi connectivity index (χ3n) is 3.70. The highest BCUT2D eigenvalue weighted by atomic mass is 16.2. The number of carbonyl (C=O) groups is 2. The maximum atomic E-state index is 12.6. The summed E-state index contributed by atoms with van der Waals surface area (Å²) < 4.78 is 0. The predicted molar refractivity (Wildman–Crippen MR) is 98.2 cm³/mol. The normalized spacial score (nSPS) is 10.4. The van der Waals surface area contributed by atoms with Crippen molar-refractivity contribution in [2.75, 3.05) is 18.4 Å². The molecule has 0 radical (unpaired) electrons. The number of nitrogens with zero attached hydrogens (tertiary/aromatic N) is 3. The Hall–Kier alpha value is -2.76. The monoisotopic (exact) mass is 340 g/mol. The van der Waals surface area contributed by atoms with Crippen LogP contribution in [0.15, 0.2) is 36.7 Å². The van der Waals surface area contributed by atoms with Crippen LogP contribution in [0.4, 0.5) is 11.5 Å². The van der Waals surface area contributed by atoms with Crippen molar-refractivity contribution in [1.29, 1.82) is 0 Å². The van der Waals surface area contributed by atoms with Crippen molar-refractivity contribution in [3.8, 4) is 0 Å². The molecule has 0 fully saturated rings. The molecule has 0 aliphatic heterocycles. The Balaban J connectivity index is 2.19. The highest BCUT2D eigenvalue weighted by Crippen LogP contribution is 2.17. The van der Waals surface area contributed by atoms with E-state index >= 15 is 0 Å². The molecular weight excluding hydrogens is 316 g/mol. The molecule has 0 aliphatic carbocycles. The smallest absolute Gasteiger partial charge is 0.272 e. The van der Waals surface area contributed by atoms with E-state index < -0.39 is 0 Å². The Bertz CT molecular complexity index is 740. The minimum absolute atomic E-state index is 0.00280. The second-order valence-electron chi connectivity index (χ2n) is 5.84. The summed E-state index contributed by atoms with van der Waals surface area (Å²) >= 11 is 0. The van der Waals surface area contributed by atoms with Crippen LogP contribution in [-0.4, -0.2) is 39.6 Å². The van der Waals surface area contributed by atoms with Gasteiger partial charge >= 0.3 is 0 Å². The minimum Gasteiger partial charge on any atom is -0.340 e. The van der Waals surface area contributed by atoms with Crippen molar-refractivity contribution in [1.82, 2.24) is 14.9 Å². The van der Waals surface area contributed by atoms with Crippen LogP contribution in [0.1, 0.15) is 54.5 Å². The molecule has 1 amide bonds. The number of rotatable bonds is 8. The van der Waals surface area contributed by atoms with E-state index in [0.717, 1.165) is 18.5 Å². The molecule has 0 saturated heterocycles. The van der Waals surface area contributed by atoms with E-state index in [1.165, 1.54) is 13.3 Å². The van der Waals surface area contributed by atoms with Crippen molar-refractivity contribution in [2.45, 2.75) is 33.6 Å². The highest BCUT2D eigenvalue weighted by molar-refractivity contribution is 5.95. The molecule has 6 heteroatoms. The molecule has 0 unspecified atom stereocenters. The summed E-state index contributed by atoms with van der Waals surface area (Å²) in [6.07, 6.45) is 3.18. The van der Waals surface area contributed by atoms with E-state index in [4.69, 9.17) is 0 Å². The summed E-state index contributed by atoms with van der Waals surface area (Å²) in [5.74, 6) is 0.426. The lowest BCUT2D eigenvalue weighted by Gasteiger charge is -2.21. The molecule has 2 aromatic rings. The van der Waals surface area contributed by atoms with E-state index in [9.17, 15) is 9.59 Å². The fourth-order valence-electron chi connectivity index (χ4n) is 2.52. The first-order valence-corrected chi connectivity index (χ1v) is 8.54. The van der Waals surface area contributed by atoms with Gasteiger partial charge in [-0.2, -0.15) is 0 Å². The van der Waals surface area contributed by atoms with Crippen LogP contribution in [0, 0.1) is 0 Å². The van der Waals surface area contributed by atoms with Gasteiger partial charge in [-0.25, -0.2) is 9.97 Å². The zero-order valence-electron chi connectivity index (χ0n) is 15.0. The molecule has 132 valence electrons. The van der Waals surface area contributed by atoms with Gasteiger partial charge in [0.2, 0.25) is 0 Å². The summed E-state index contributed by atoms with van der Waals surface area (Å²) in [6, 6.07) is 8.80. The quantitative estimate of drug-likeness (QED) is 0.742. The third-order valence-corrected chi connectivity index (χ3v) is 3.70. The summed E-state index contributed by atoms with van der Waals surface area (Å²) in [6.45, 7) is 7.03. The number of carbonyl (C=O) groups excluding carboxylic acids is 2. The second kappa shape index (κ2) is 8.92. The van der Waals surface area contributed by atoms with Crippen LogP contribution in [-0.2, 0) is 0 Å². The lowest BCUT2D eigenvalue weighted by molar-refractivity contribution is 0.0749. The molecule has 1 N–H and O–H groups in total. The molecule has 0 atom stereocenters. The first-order valence-electron chi connectivity index (χ1n) is 8.54. The van der Waals surface area contributed by atoms with Gasteiger partial charge in [0, 0.05) is 30.4 Å². The summed E-state index contributed by atoms with van der Waals surface area (Å²) in [5.41, 5.74) is 1.72. The first kappa shape index (κ1) is 18.6. The number of amides is 1. The Kier molecular flexibility index (Phi) is 6.62. The molecule has 2 rings (SSSR count). The van der Waals surface area contributed by atoms with E-state index in [-0.39, 0.29) is 11.7 Å². The van der Waals surface area contributed by atoms with Crippen molar-refractivity contribution < 1.29 is 9.59 Å². The van der Waals surface area contributed by atoms with Crippen molar-refractivity contribution in [3.05, 3.63) is 47.9 Å². The lowest BCUT2D eigenvalue weighted by Crippen LogP contribution is -2.33. The van der Waals surface area contributed by atoms with Gasteiger partial charge in [-0.05, 0) is 31.9 Å². The van der Waals surface area contributed by atoms with Gasteiger partial charge in [0.05, 0.1) is 0 Å². The second-order valence-corrected chi connectivity index (χ2v) is 5.84. The highest BCUT2D eigenvalue weighted by Gasteiger charge is 2.16. The topological polar surface area (TPSA) is 75.2 Å². The van der Waals surface area contributed by atoms with Crippen molar-refractivity contribution >= 4 is 23.2 Å².